The van der Waals surface area contributed by atoms with Crippen LogP contribution in [-0.4, -0.2) is 56.9 Å². The average molecular weight is 313 g/mol. The van der Waals surface area contributed by atoms with Crippen molar-refractivity contribution in [1.82, 2.24) is 10.2 Å². The lowest BCUT2D eigenvalue weighted by Crippen LogP contribution is -2.46. The Labute approximate surface area is 122 Å². The fraction of sp³-hybridized carbons (Fsp3) is 0.917. The van der Waals surface area contributed by atoms with Gasteiger partial charge in [-0.2, -0.15) is 0 Å². The lowest BCUT2D eigenvalue weighted by molar-refractivity contribution is -0.129. The van der Waals surface area contributed by atoms with Crippen LogP contribution in [0.1, 0.15) is 26.7 Å². The fourth-order valence-electron chi connectivity index (χ4n) is 2.25. The number of halogens is 1. The lowest BCUT2D eigenvalue weighted by Gasteiger charge is -2.31. The molecule has 0 aromatic carbocycles. The molecule has 114 valence electrons. The number of nitrogens with one attached hydrogen (secondary N) is 1. The number of carbonyl (C=O) groups is 1. The summed E-state index contributed by atoms with van der Waals surface area (Å²) in [5.74, 6) is -0.487. The SMILES string of the molecule is CC(C)CS(=O)(=O)CC(=O)N(C)C1CCNCC1.Cl. The van der Waals surface area contributed by atoms with Gasteiger partial charge in [-0.05, 0) is 31.8 Å². The maximum absolute atomic E-state index is 12.0. The van der Waals surface area contributed by atoms with E-state index in [1.54, 1.807) is 11.9 Å². The molecule has 0 spiro atoms. The third-order valence-electron chi connectivity index (χ3n) is 3.18. The van der Waals surface area contributed by atoms with Crippen molar-refractivity contribution in [2.24, 2.45) is 5.92 Å². The quantitative estimate of drug-likeness (QED) is 0.811. The van der Waals surface area contributed by atoms with Gasteiger partial charge in [-0.3, -0.25) is 4.79 Å². The van der Waals surface area contributed by atoms with Crippen molar-refractivity contribution < 1.29 is 13.2 Å². The highest BCUT2D eigenvalue weighted by Gasteiger charge is 2.26. The molecule has 1 amide bonds. The molecule has 1 aliphatic rings. The molecule has 5 nitrogen and oxygen atoms in total. The molecule has 0 aromatic rings. The van der Waals surface area contributed by atoms with Crippen LogP contribution in [0.2, 0.25) is 0 Å². The van der Waals surface area contributed by atoms with Crippen molar-refractivity contribution in [3.63, 3.8) is 0 Å². The minimum atomic E-state index is -3.27. The third kappa shape index (κ3) is 6.58. The second kappa shape index (κ2) is 8.07. The van der Waals surface area contributed by atoms with E-state index >= 15 is 0 Å². The molecule has 0 atom stereocenters. The molecule has 0 aliphatic carbocycles. The van der Waals surface area contributed by atoms with Crippen LogP contribution in [-0.2, 0) is 14.6 Å². The van der Waals surface area contributed by atoms with Gasteiger partial charge in [0.1, 0.15) is 5.75 Å². The number of carbonyl (C=O) groups excluding carboxylic acids is 1. The van der Waals surface area contributed by atoms with Crippen molar-refractivity contribution in [3.05, 3.63) is 0 Å². The smallest absolute Gasteiger partial charge is 0.237 e. The Morgan fingerprint density at radius 2 is 1.84 bits per heavy atom. The highest BCUT2D eigenvalue weighted by molar-refractivity contribution is 7.92. The second-order valence-corrected chi connectivity index (χ2v) is 7.54. The largest absolute Gasteiger partial charge is 0.342 e. The molecule has 0 bridgehead atoms. The third-order valence-corrected chi connectivity index (χ3v) is 5.04. The summed E-state index contributed by atoms with van der Waals surface area (Å²) >= 11 is 0. The van der Waals surface area contributed by atoms with E-state index in [-0.39, 0.29) is 41.8 Å². The average Bonchev–Trinajstić information content (AvgIpc) is 2.26. The Bertz CT molecular complexity index is 378. The van der Waals surface area contributed by atoms with E-state index in [1.165, 1.54) is 0 Å². The number of nitrogens with zero attached hydrogens (tertiary/aromatic N) is 1. The van der Waals surface area contributed by atoms with Crippen molar-refractivity contribution in [1.29, 1.82) is 0 Å². The second-order valence-electron chi connectivity index (χ2n) is 5.43. The van der Waals surface area contributed by atoms with Gasteiger partial charge in [0, 0.05) is 13.1 Å². The zero-order valence-corrected chi connectivity index (χ0v) is 13.5. The van der Waals surface area contributed by atoms with Crippen LogP contribution in [0.15, 0.2) is 0 Å². The number of hydrogen-bond acceptors (Lipinski definition) is 4. The van der Waals surface area contributed by atoms with Gasteiger partial charge in [0.2, 0.25) is 5.91 Å². The van der Waals surface area contributed by atoms with Crippen molar-refractivity contribution >= 4 is 28.2 Å². The first-order chi connectivity index (χ1) is 8.32. The fourth-order valence-corrected chi connectivity index (χ4v) is 3.97. The van der Waals surface area contributed by atoms with Crippen LogP contribution in [0, 0.1) is 5.92 Å². The number of piperidine rings is 1. The summed E-state index contributed by atoms with van der Waals surface area (Å²) in [6.07, 6.45) is 1.79. The summed E-state index contributed by atoms with van der Waals surface area (Å²) < 4.78 is 23.6. The molecule has 1 rings (SSSR count). The first-order valence-corrected chi connectivity index (χ1v) is 8.31. The van der Waals surface area contributed by atoms with Crippen LogP contribution in [0.4, 0.5) is 0 Å². The Kier molecular flexibility index (Phi) is 7.93. The Morgan fingerprint density at radius 3 is 2.32 bits per heavy atom. The van der Waals surface area contributed by atoms with Gasteiger partial charge in [-0.25, -0.2) is 8.42 Å². The lowest BCUT2D eigenvalue weighted by atomic mass is 10.1. The van der Waals surface area contributed by atoms with Crippen LogP contribution in [0.3, 0.4) is 0 Å². The van der Waals surface area contributed by atoms with Gasteiger partial charge in [-0.1, -0.05) is 13.8 Å². The number of amides is 1. The Morgan fingerprint density at radius 1 is 1.32 bits per heavy atom. The molecule has 1 saturated heterocycles. The van der Waals surface area contributed by atoms with Crippen LogP contribution < -0.4 is 5.32 Å². The summed E-state index contributed by atoms with van der Waals surface area (Å²) in [5.41, 5.74) is 0. The maximum atomic E-state index is 12.0. The summed E-state index contributed by atoms with van der Waals surface area (Å²) in [5, 5.41) is 3.23. The van der Waals surface area contributed by atoms with Crippen molar-refractivity contribution in [3.8, 4) is 0 Å². The first-order valence-electron chi connectivity index (χ1n) is 6.48. The normalized spacial score (nSPS) is 17.1. The number of hydrogen-bond donors (Lipinski definition) is 1. The van der Waals surface area contributed by atoms with E-state index < -0.39 is 9.84 Å². The predicted octanol–water partition coefficient (Wildman–Crippen LogP) is 0.689. The standard InChI is InChI=1S/C12H24N2O3S.ClH/c1-10(2)8-18(16,17)9-12(15)14(3)11-4-6-13-7-5-11;/h10-11,13H,4-9H2,1-3H3;1H. The molecule has 19 heavy (non-hydrogen) atoms. The minimum Gasteiger partial charge on any atom is -0.342 e. The van der Waals surface area contributed by atoms with E-state index in [1.807, 2.05) is 13.8 Å². The van der Waals surface area contributed by atoms with Crippen LogP contribution >= 0.6 is 12.4 Å². The molecule has 1 fully saturated rings. The van der Waals surface area contributed by atoms with E-state index in [2.05, 4.69) is 5.32 Å². The van der Waals surface area contributed by atoms with Gasteiger partial charge >= 0.3 is 0 Å². The van der Waals surface area contributed by atoms with Gasteiger partial charge in [0.25, 0.3) is 0 Å². The predicted molar refractivity (Wildman–Crippen MR) is 79.4 cm³/mol. The zero-order valence-electron chi connectivity index (χ0n) is 11.9. The highest BCUT2D eigenvalue weighted by atomic mass is 35.5. The molecule has 7 heteroatoms. The molecule has 0 aromatic heterocycles. The summed E-state index contributed by atoms with van der Waals surface area (Å²) in [6, 6.07) is 0.174. The van der Waals surface area contributed by atoms with E-state index in [0.717, 1.165) is 25.9 Å². The Hall–Kier alpha value is -0.330. The van der Waals surface area contributed by atoms with Crippen molar-refractivity contribution in [2.75, 3.05) is 31.6 Å². The maximum Gasteiger partial charge on any atom is 0.237 e. The van der Waals surface area contributed by atoms with Crippen molar-refractivity contribution in [2.45, 2.75) is 32.7 Å². The molecule has 0 saturated carbocycles. The molecule has 0 radical (unpaired) electrons. The van der Waals surface area contributed by atoms with E-state index in [0.29, 0.717) is 0 Å². The Balaban J connectivity index is 0.00000324. The van der Waals surface area contributed by atoms with Crippen LogP contribution in [0.25, 0.3) is 0 Å². The monoisotopic (exact) mass is 312 g/mol. The molecule has 0 unspecified atom stereocenters. The highest BCUT2D eigenvalue weighted by Crippen LogP contribution is 2.11. The van der Waals surface area contributed by atoms with Gasteiger partial charge in [0.15, 0.2) is 9.84 Å². The molecular weight excluding hydrogens is 288 g/mol. The molecule has 1 aliphatic heterocycles. The zero-order chi connectivity index (χ0) is 13.8. The van der Waals surface area contributed by atoms with Crippen LogP contribution in [0.5, 0.6) is 0 Å². The van der Waals surface area contributed by atoms with Gasteiger partial charge < -0.3 is 10.2 Å². The van der Waals surface area contributed by atoms with Gasteiger partial charge in [-0.15, -0.1) is 12.4 Å². The minimum absolute atomic E-state index is 0. The molecular formula is C12H25ClN2O3S. The molecule has 1 N–H and O–H groups in total. The summed E-state index contributed by atoms with van der Waals surface area (Å²) in [4.78, 5) is 13.6. The van der Waals surface area contributed by atoms with E-state index in [4.69, 9.17) is 0 Å². The first kappa shape index (κ1) is 18.7. The van der Waals surface area contributed by atoms with E-state index in [9.17, 15) is 13.2 Å². The molecule has 1 heterocycles. The summed E-state index contributed by atoms with van der Waals surface area (Å²) in [6.45, 7) is 5.47. The summed E-state index contributed by atoms with van der Waals surface area (Å²) in [7, 11) is -1.56. The van der Waals surface area contributed by atoms with Gasteiger partial charge in [0.05, 0.1) is 5.75 Å². The number of rotatable bonds is 5. The number of sulfone groups is 1. The topological polar surface area (TPSA) is 66.5 Å².